The molecule has 0 heterocycles. The predicted molar refractivity (Wildman–Crippen MR) is 122 cm³/mol. The Kier molecular flexibility index (Phi) is 5.76. The number of carbonyl (C=O) groups is 3. The molecular formula is C27H40O5. The molecule has 3 saturated carbocycles. The third kappa shape index (κ3) is 3.02. The maximum absolute atomic E-state index is 13.2. The number of Topliss-reactive ketones (excluding diaryl/α,β-unsaturated/α-hetero) is 1. The number of hydrogen-bond acceptors (Lipinski definition) is 5. The van der Waals surface area contributed by atoms with Crippen LogP contribution < -0.4 is 0 Å². The van der Waals surface area contributed by atoms with E-state index in [1.807, 2.05) is 19.9 Å². The minimum Gasteiger partial charge on any atom is -0.450 e. The van der Waals surface area contributed by atoms with Gasteiger partial charge in [0.25, 0.3) is 0 Å². The minimum absolute atomic E-state index is 0.0671. The van der Waals surface area contributed by atoms with Crippen molar-refractivity contribution < 1.29 is 24.2 Å². The lowest BCUT2D eigenvalue weighted by atomic mass is 9.44. The van der Waals surface area contributed by atoms with Crippen LogP contribution in [0.2, 0.25) is 0 Å². The van der Waals surface area contributed by atoms with Crippen LogP contribution >= 0.6 is 0 Å². The van der Waals surface area contributed by atoms with E-state index in [1.165, 1.54) is 5.57 Å². The summed E-state index contributed by atoms with van der Waals surface area (Å²) in [5.74, 6) is 0.478. The number of fused-ring (bicyclic) bond motifs is 5. The van der Waals surface area contributed by atoms with Crippen molar-refractivity contribution in [3.8, 4) is 0 Å². The lowest BCUT2D eigenvalue weighted by Crippen LogP contribution is -2.64. The molecule has 0 aromatic carbocycles. The molecule has 9 atom stereocenters. The highest BCUT2D eigenvalue weighted by Gasteiger charge is 2.72. The van der Waals surface area contributed by atoms with Crippen LogP contribution in [0.4, 0.5) is 0 Å². The van der Waals surface area contributed by atoms with Crippen LogP contribution in [0.15, 0.2) is 11.6 Å². The molecule has 0 aliphatic heterocycles. The zero-order valence-electron chi connectivity index (χ0n) is 20.6. The average Bonchev–Trinajstić information content (AvgIpc) is 2.91. The molecule has 0 aromatic heterocycles. The van der Waals surface area contributed by atoms with Gasteiger partial charge in [-0.3, -0.25) is 14.4 Å². The van der Waals surface area contributed by atoms with Gasteiger partial charge in [-0.1, -0.05) is 40.2 Å². The van der Waals surface area contributed by atoms with Gasteiger partial charge < -0.3 is 9.84 Å². The van der Waals surface area contributed by atoms with Gasteiger partial charge in [0.05, 0.1) is 6.10 Å². The topological polar surface area (TPSA) is 80.7 Å². The highest BCUT2D eigenvalue weighted by molar-refractivity contribution is 5.92. The molecule has 0 amide bonds. The Morgan fingerprint density at radius 3 is 2.53 bits per heavy atom. The quantitative estimate of drug-likeness (QED) is 0.638. The summed E-state index contributed by atoms with van der Waals surface area (Å²) in [5, 5.41) is 11.6. The van der Waals surface area contributed by atoms with Crippen LogP contribution in [-0.2, 0) is 19.1 Å². The van der Waals surface area contributed by atoms with Crippen molar-refractivity contribution in [2.45, 2.75) is 98.2 Å². The molecule has 5 heteroatoms. The van der Waals surface area contributed by atoms with E-state index in [-0.39, 0.29) is 52.5 Å². The highest BCUT2D eigenvalue weighted by Crippen LogP contribution is 2.70. The molecule has 3 fully saturated rings. The molecule has 0 radical (unpaired) electrons. The van der Waals surface area contributed by atoms with Crippen LogP contribution in [0.1, 0.15) is 86.5 Å². The van der Waals surface area contributed by atoms with Gasteiger partial charge in [0, 0.05) is 24.2 Å². The van der Waals surface area contributed by atoms with E-state index < -0.39 is 17.1 Å². The van der Waals surface area contributed by atoms with Crippen molar-refractivity contribution >= 4 is 17.5 Å². The van der Waals surface area contributed by atoms with Gasteiger partial charge >= 0.3 is 5.97 Å². The standard InChI is InChI=1S/C27H40O5/c1-7-8-23(31)32-27(17(4)28)16(3)12-21-19-11-15(2)20-13-18(29)9-10-25(20,5)24(19)22(30)14-26(21,27)6/h13,15-16,19,21-22,24,30H,7-12,14H2,1-6H3/t15?,16?,19-,21-,22?,24+,25-,26-,27-/m0/s1. The minimum atomic E-state index is -1.18. The van der Waals surface area contributed by atoms with Crippen LogP contribution in [0.5, 0.6) is 0 Å². The maximum atomic E-state index is 13.2. The van der Waals surface area contributed by atoms with Gasteiger partial charge in [-0.25, -0.2) is 0 Å². The fourth-order valence-corrected chi connectivity index (χ4v) is 8.91. The first kappa shape index (κ1) is 23.7. The Bertz CT molecular complexity index is 860. The zero-order chi connectivity index (χ0) is 23.6. The summed E-state index contributed by atoms with van der Waals surface area (Å²) in [6.45, 7) is 12.1. The molecule has 178 valence electrons. The molecule has 0 bridgehead atoms. The van der Waals surface area contributed by atoms with Gasteiger partial charge in [0.15, 0.2) is 17.2 Å². The number of allylic oxidation sites excluding steroid dienone is 1. The fraction of sp³-hybridized carbons (Fsp3) is 0.815. The summed E-state index contributed by atoms with van der Waals surface area (Å²) in [7, 11) is 0. The van der Waals surface area contributed by atoms with Crippen LogP contribution in [0, 0.1) is 40.4 Å². The largest absolute Gasteiger partial charge is 0.450 e. The van der Waals surface area contributed by atoms with E-state index in [4.69, 9.17) is 4.74 Å². The third-order valence-electron chi connectivity index (χ3n) is 10.0. The highest BCUT2D eigenvalue weighted by atomic mass is 16.6. The number of hydrogen-bond donors (Lipinski definition) is 1. The van der Waals surface area contributed by atoms with Crippen molar-refractivity contribution in [2.24, 2.45) is 40.4 Å². The first-order valence-electron chi connectivity index (χ1n) is 12.6. The molecule has 4 aliphatic rings. The van der Waals surface area contributed by atoms with Crippen LogP contribution in [-0.4, -0.2) is 34.3 Å². The Balaban J connectivity index is 1.79. The number of aliphatic hydroxyl groups is 1. The second-order valence-electron chi connectivity index (χ2n) is 11.8. The van der Waals surface area contributed by atoms with Gasteiger partial charge in [-0.15, -0.1) is 0 Å². The normalized spacial score (nSPS) is 47.7. The summed E-state index contributed by atoms with van der Waals surface area (Å²) in [6, 6.07) is 0. The average molecular weight is 445 g/mol. The number of ketones is 2. The predicted octanol–water partition coefficient (Wildman–Crippen LogP) is 4.65. The number of carbonyl (C=O) groups excluding carboxylic acids is 3. The van der Waals surface area contributed by atoms with E-state index in [9.17, 15) is 19.5 Å². The number of rotatable bonds is 4. The van der Waals surface area contributed by atoms with Crippen LogP contribution in [0.25, 0.3) is 0 Å². The van der Waals surface area contributed by atoms with Crippen molar-refractivity contribution in [2.75, 3.05) is 0 Å². The first-order valence-corrected chi connectivity index (χ1v) is 12.6. The molecule has 0 spiro atoms. The Labute approximate surface area is 192 Å². The third-order valence-corrected chi connectivity index (χ3v) is 10.0. The Morgan fingerprint density at radius 1 is 1.22 bits per heavy atom. The second kappa shape index (κ2) is 7.78. The van der Waals surface area contributed by atoms with Crippen molar-refractivity contribution in [1.29, 1.82) is 0 Å². The van der Waals surface area contributed by atoms with Gasteiger partial charge in [0.2, 0.25) is 0 Å². The molecule has 32 heavy (non-hydrogen) atoms. The maximum Gasteiger partial charge on any atom is 0.306 e. The molecule has 5 nitrogen and oxygen atoms in total. The molecule has 3 unspecified atom stereocenters. The molecule has 4 aliphatic carbocycles. The number of esters is 1. The SMILES string of the molecule is CCCC(=O)O[C@]1(C(C)=O)C(C)C[C@H]2[C@@H]3CC(C)C4=CC(=O)CC[C@]4(C)[C@H]3C(O)C[C@@]21C. The fourth-order valence-electron chi connectivity index (χ4n) is 8.91. The smallest absolute Gasteiger partial charge is 0.306 e. The number of aliphatic hydroxyl groups excluding tert-OH is 1. The molecule has 0 saturated heterocycles. The van der Waals surface area contributed by atoms with Crippen molar-refractivity contribution in [3.05, 3.63) is 11.6 Å². The molecule has 4 rings (SSSR count). The summed E-state index contributed by atoms with van der Waals surface area (Å²) >= 11 is 0. The van der Waals surface area contributed by atoms with Gasteiger partial charge in [-0.2, -0.15) is 0 Å². The lowest BCUT2D eigenvalue weighted by Gasteiger charge is -2.62. The summed E-state index contributed by atoms with van der Waals surface area (Å²) in [4.78, 5) is 38.1. The summed E-state index contributed by atoms with van der Waals surface area (Å²) < 4.78 is 6.13. The Hall–Kier alpha value is -1.49. The number of ether oxygens (including phenoxy) is 1. The Morgan fingerprint density at radius 2 is 1.91 bits per heavy atom. The monoisotopic (exact) mass is 444 g/mol. The summed E-state index contributed by atoms with van der Waals surface area (Å²) in [5.41, 5.74) is -0.764. The summed E-state index contributed by atoms with van der Waals surface area (Å²) in [6.07, 6.45) is 5.73. The van der Waals surface area contributed by atoms with E-state index in [1.54, 1.807) is 6.92 Å². The molecule has 0 aromatic rings. The second-order valence-corrected chi connectivity index (χ2v) is 11.8. The van der Waals surface area contributed by atoms with E-state index in [2.05, 4.69) is 20.8 Å². The van der Waals surface area contributed by atoms with Gasteiger partial charge in [-0.05, 0) is 74.2 Å². The van der Waals surface area contributed by atoms with E-state index >= 15 is 0 Å². The van der Waals surface area contributed by atoms with Crippen molar-refractivity contribution in [3.63, 3.8) is 0 Å². The first-order chi connectivity index (χ1) is 14.9. The molecule has 1 N–H and O–H groups in total. The zero-order valence-corrected chi connectivity index (χ0v) is 20.6. The van der Waals surface area contributed by atoms with Crippen molar-refractivity contribution in [1.82, 2.24) is 0 Å². The van der Waals surface area contributed by atoms with E-state index in [0.29, 0.717) is 25.7 Å². The van der Waals surface area contributed by atoms with E-state index in [0.717, 1.165) is 19.3 Å². The van der Waals surface area contributed by atoms with Gasteiger partial charge in [0.1, 0.15) is 0 Å². The lowest BCUT2D eigenvalue weighted by molar-refractivity contribution is -0.206. The van der Waals surface area contributed by atoms with Crippen LogP contribution in [0.3, 0.4) is 0 Å². The molecular weight excluding hydrogens is 404 g/mol.